The molecular formula is C13H15ClN2O2. The lowest BCUT2D eigenvalue weighted by atomic mass is 10.2. The van der Waals surface area contributed by atoms with Crippen molar-refractivity contribution < 1.29 is 9.53 Å². The molecule has 2 N–H and O–H groups in total. The number of fused-ring (bicyclic) bond motifs is 1. The number of aromatic amines is 1. The molecule has 0 atom stereocenters. The molecular weight excluding hydrogens is 252 g/mol. The fourth-order valence-electron chi connectivity index (χ4n) is 1.62. The van der Waals surface area contributed by atoms with Crippen LogP contribution in [0.2, 0.25) is 5.02 Å². The minimum Gasteiger partial charge on any atom is -0.444 e. The van der Waals surface area contributed by atoms with Crippen molar-refractivity contribution in [3.8, 4) is 0 Å². The predicted molar refractivity (Wildman–Crippen MR) is 73.2 cm³/mol. The fraction of sp³-hybridized carbons (Fsp3) is 0.308. The molecule has 0 aliphatic rings. The molecule has 4 nitrogen and oxygen atoms in total. The molecule has 0 aliphatic heterocycles. The predicted octanol–water partition coefficient (Wildman–Crippen LogP) is 4.17. The molecule has 0 bridgehead atoms. The van der Waals surface area contributed by atoms with E-state index in [9.17, 15) is 4.79 Å². The van der Waals surface area contributed by atoms with Gasteiger partial charge in [-0.25, -0.2) is 4.79 Å². The van der Waals surface area contributed by atoms with E-state index in [1.165, 1.54) is 0 Å². The zero-order valence-corrected chi connectivity index (χ0v) is 11.3. The van der Waals surface area contributed by atoms with Gasteiger partial charge in [0.15, 0.2) is 0 Å². The summed E-state index contributed by atoms with van der Waals surface area (Å²) in [7, 11) is 0. The molecule has 0 saturated carbocycles. The zero-order valence-electron chi connectivity index (χ0n) is 10.5. The van der Waals surface area contributed by atoms with Gasteiger partial charge in [-0.2, -0.15) is 0 Å². The van der Waals surface area contributed by atoms with Crippen LogP contribution in [0.15, 0.2) is 24.4 Å². The number of hydrogen-bond acceptors (Lipinski definition) is 2. The van der Waals surface area contributed by atoms with Gasteiger partial charge in [-0.1, -0.05) is 11.6 Å². The first-order chi connectivity index (χ1) is 8.35. The normalized spacial score (nSPS) is 11.6. The van der Waals surface area contributed by atoms with Crippen LogP contribution in [0.1, 0.15) is 20.8 Å². The number of rotatable bonds is 1. The summed E-state index contributed by atoms with van der Waals surface area (Å²) in [5.41, 5.74) is 1.03. The number of ether oxygens (including phenoxy) is 1. The highest BCUT2D eigenvalue weighted by Crippen LogP contribution is 2.26. The van der Waals surface area contributed by atoms with Crippen molar-refractivity contribution in [3.63, 3.8) is 0 Å². The Labute approximate surface area is 110 Å². The van der Waals surface area contributed by atoms with Gasteiger partial charge in [0.05, 0.1) is 5.69 Å². The van der Waals surface area contributed by atoms with E-state index in [-0.39, 0.29) is 0 Å². The van der Waals surface area contributed by atoms with E-state index < -0.39 is 11.7 Å². The summed E-state index contributed by atoms with van der Waals surface area (Å²) in [6.07, 6.45) is 1.24. The first-order valence-corrected chi connectivity index (χ1v) is 5.99. The molecule has 1 amide bonds. The third-order valence-electron chi connectivity index (χ3n) is 2.28. The number of aromatic nitrogens is 1. The average Bonchev–Trinajstić information content (AvgIpc) is 2.57. The second-order valence-corrected chi connectivity index (χ2v) is 5.46. The van der Waals surface area contributed by atoms with Crippen LogP contribution in [0, 0.1) is 0 Å². The average molecular weight is 267 g/mol. The van der Waals surface area contributed by atoms with Crippen molar-refractivity contribution in [1.82, 2.24) is 4.98 Å². The van der Waals surface area contributed by atoms with E-state index >= 15 is 0 Å². The van der Waals surface area contributed by atoms with Crippen LogP contribution in [0.4, 0.5) is 10.5 Å². The number of carbonyl (C=O) groups excluding carboxylic acids is 1. The van der Waals surface area contributed by atoms with Gasteiger partial charge < -0.3 is 9.72 Å². The number of hydrogen-bond donors (Lipinski definition) is 2. The monoisotopic (exact) mass is 266 g/mol. The minimum absolute atomic E-state index is 0.474. The Morgan fingerprint density at radius 1 is 1.39 bits per heavy atom. The number of H-pyrrole nitrogens is 1. The molecule has 2 aromatic rings. The van der Waals surface area contributed by atoms with Gasteiger partial charge >= 0.3 is 6.09 Å². The molecule has 18 heavy (non-hydrogen) atoms. The SMILES string of the molecule is CC(C)(C)OC(=O)Nc1c[nH]c2cc(Cl)ccc12. The molecule has 5 heteroatoms. The van der Waals surface area contributed by atoms with Crippen molar-refractivity contribution in [1.29, 1.82) is 0 Å². The Morgan fingerprint density at radius 2 is 2.11 bits per heavy atom. The number of halogens is 1. The van der Waals surface area contributed by atoms with Crippen LogP contribution in [0.25, 0.3) is 10.9 Å². The third kappa shape index (κ3) is 2.96. The topological polar surface area (TPSA) is 54.1 Å². The van der Waals surface area contributed by atoms with Crippen LogP contribution in [-0.4, -0.2) is 16.7 Å². The van der Waals surface area contributed by atoms with Gasteiger partial charge in [0.2, 0.25) is 0 Å². The zero-order chi connectivity index (χ0) is 13.3. The summed E-state index contributed by atoms with van der Waals surface area (Å²) < 4.78 is 5.19. The maximum absolute atomic E-state index is 11.7. The summed E-state index contributed by atoms with van der Waals surface area (Å²) >= 11 is 5.89. The number of amides is 1. The van der Waals surface area contributed by atoms with Gasteiger partial charge in [0.1, 0.15) is 5.60 Å². The van der Waals surface area contributed by atoms with E-state index in [4.69, 9.17) is 16.3 Å². The Bertz CT molecular complexity index is 584. The van der Waals surface area contributed by atoms with E-state index in [2.05, 4.69) is 10.3 Å². The van der Waals surface area contributed by atoms with Crippen LogP contribution in [-0.2, 0) is 4.74 Å². The van der Waals surface area contributed by atoms with Gasteiger partial charge in [-0.3, -0.25) is 5.32 Å². The van der Waals surface area contributed by atoms with Crippen LogP contribution < -0.4 is 5.32 Å². The second kappa shape index (κ2) is 4.53. The van der Waals surface area contributed by atoms with Crippen molar-refractivity contribution in [2.45, 2.75) is 26.4 Å². The lowest BCUT2D eigenvalue weighted by Gasteiger charge is -2.19. The van der Waals surface area contributed by atoms with E-state index in [1.807, 2.05) is 26.8 Å². The van der Waals surface area contributed by atoms with Gasteiger partial charge in [-0.05, 0) is 39.0 Å². The van der Waals surface area contributed by atoms with Crippen molar-refractivity contribution in [2.24, 2.45) is 0 Å². The van der Waals surface area contributed by atoms with Crippen molar-refractivity contribution in [2.75, 3.05) is 5.32 Å². The summed E-state index contributed by atoms with van der Waals surface area (Å²) in [6, 6.07) is 5.43. The van der Waals surface area contributed by atoms with E-state index in [1.54, 1.807) is 18.3 Å². The van der Waals surface area contributed by atoms with Crippen LogP contribution in [0.3, 0.4) is 0 Å². The Hall–Kier alpha value is -1.68. The smallest absolute Gasteiger partial charge is 0.412 e. The summed E-state index contributed by atoms with van der Waals surface area (Å²) in [6.45, 7) is 5.46. The van der Waals surface area contributed by atoms with Crippen molar-refractivity contribution >= 4 is 34.3 Å². The largest absolute Gasteiger partial charge is 0.444 e. The summed E-state index contributed by atoms with van der Waals surface area (Å²) in [5, 5.41) is 4.25. The number of nitrogens with one attached hydrogen (secondary N) is 2. The van der Waals surface area contributed by atoms with Crippen LogP contribution >= 0.6 is 11.6 Å². The molecule has 96 valence electrons. The van der Waals surface area contributed by atoms with Crippen molar-refractivity contribution in [3.05, 3.63) is 29.4 Å². The lowest BCUT2D eigenvalue weighted by molar-refractivity contribution is 0.0636. The number of anilines is 1. The lowest BCUT2D eigenvalue weighted by Crippen LogP contribution is -2.27. The van der Waals surface area contributed by atoms with Gasteiger partial charge in [0.25, 0.3) is 0 Å². The number of carbonyl (C=O) groups is 1. The molecule has 0 fully saturated rings. The number of benzene rings is 1. The van der Waals surface area contributed by atoms with Gasteiger partial charge in [0, 0.05) is 22.1 Å². The molecule has 1 aromatic carbocycles. The maximum Gasteiger partial charge on any atom is 0.412 e. The second-order valence-electron chi connectivity index (χ2n) is 5.02. The Kier molecular flexibility index (Phi) is 3.22. The third-order valence-corrected chi connectivity index (χ3v) is 2.51. The van der Waals surface area contributed by atoms with Crippen LogP contribution in [0.5, 0.6) is 0 Å². The molecule has 1 aromatic heterocycles. The first-order valence-electron chi connectivity index (χ1n) is 5.62. The first kappa shape index (κ1) is 12.8. The van der Waals surface area contributed by atoms with E-state index in [0.717, 1.165) is 10.9 Å². The maximum atomic E-state index is 11.7. The Balaban J connectivity index is 2.20. The quantitative estimate of drug-likeness (QED) is 0.814. The molecule has 1 heterocycles. The highest BCUT2D eigenvalue weighted by Gasteiger charge is 2.17. The molecule has 0 unspecified atom stereocenters. The summed E-state index contributed by atoms with van der Waals surface area (Å²) in [4.78, 5) is 14.7. The van der Waals surface area contributed by atoms with E-state index in [0.29, 0.717) is 10.7 Å². The molecule has 2 rings (SSSR count). The standard InChI is InChI=1S/C13H15ClN2O2/c1-13(2,3)18-12(17)16-11-7-15-10-6-8(14)4-5-9(10)11/h4-7,15H,1-3H3,(H,16,17). The molecule has 0 aliphatic carbocycles. The highest BCUT2D eigenvalue weighted by molar-refractivity contribution is 6.31. The fourth-order valence-corrected chi connectivity index (χ4v) is 1.79. The molecule has 0 radical (unpaired) electrons. The molecule has 0 spiro atoms. The molecule has 0 saturated heterocycles. The summed E-state index contributed by atoms with van der Waals surface area (Å²) in [5.74, 6) is 0. The minimum atomic E-state index is -0.514. The Morgan fingerprint density at radius 3 is 2.78 bits per heavy atom. The van der Waals surface area contributed by atoms with Gasteiger partial charge in [-0.15, -0.1) is 0 Å². The highest BCUT2D eigenvalue weighted by atomic mass is 35.5.